The van der Waals surface area contributed by atoms with Crippen LogP contribution in [0.5, 0.6) is 0 Å². The summed E-state index contributed by atoms with van der Waals surface area (Å²) < 4.78 is 15.2. The molecule has 21 heavy (non-hydrogen) atoms. The van der Waals surface area contributed by atoms with Crippen molar-refractivity contribution in [2.45, 2.75) is 41.9 Å². The number of hydrogen-bond donors (Lipinski definition) is 2. The number of aromatic nitrogens is 3. The molecule has 2 aromatic rings. The molecule has 0 aliphatic heterocycles. The number of hydrogen-bond acceptors (Lipinski definition) is 4. The summed E-state index contributed by atoms with van der Waals surface area (Å²) >= 11 is 1.40. The Morgan fingerprint density at radius 1 is 1.52 bits per heavy atom. The number of aromatic amines is 1. The van der Waals surface area contributed by atoms with Crippen LogP contribution in [0.3, 0.4) is 0 Å². The molecule has 0 radical (unpaired) electrons. The molecular formula is C14H17FN4OS. The summed E-state index contributed by atoms with van der Waals surface area (Å²) in [6.07, 6.45) is 2.02. The lowest BCUT2D eigenvalue weighted by Gasteiger charge is -2.15. The van der Waals surface area contributed by atoms with E-state index in [2.05, 4.69) is 15.5 Å². The van der Waals surface area contributed by atoms with Gasteiger partial charge in [0.05, 0.1) is 0 Å². The Labute approximate surface area is 125 Å². The first-order chi connectivity index (χ1) is 10.1. The minimum Gasteiger partial charge on any atom is -0.313 e. The predicted octanol–water partition coefficient (Wildman–Crippen LogP) is 2.48. The molecule has 0 amide bonds. The summed E-state index contributed by atoms with van der Waals surface area (Å²) in [5.41, 5.74) is 0.686. The summed E-state index contributed by atoms with van der Waals surface area (Å²) in [5.74, 6) is -0.266. The van der Waals surface area contributed by atoms with Crippen molar-refractivity contribution in [2.75, 3.05) is 7.05 Å². The molecule has 0 spiro atoms. The van der Waals surface area contributed by atoms with Crippen LogP contribution in [0.2, 0.25) is 0 Å². The smallest absolute Gasteiger partial charge is 0.313 e. The largest absolute Gasteiger partial charge is 0.344 e. The third-order valence-corrected chi connectivity index (χ3v) is 4.72. The number of H-pyrrole nitrogens is 1. The van der Waals surface area contributed by atoms with E-state index >= 15 is 0 Å². The van der Waals surface area contributed by atoms with Crippen LogP contribution in [0.4, 0.5) is 4.39 Å². The van der Waals surface area contributed by atoms with Gasteiger partial charge in [-0.2, -0.15) is 0 Å². The van der Waals surface area contributed by atoms with Gasteiger partial charge in [-0.3, -0.25) is 4.57 Å². The highest BCUT2D eigenvalue weighted by Gasteiger charge is 2.29. The van der Waals surface area contributed by atoms with E-state index in [0.29, 0.717) is 5.16 Å². The second-order valence-corrected chi connectivity index (χ2v) is 6.22. The number of rotatable bonds is 5. The zero-order chi connectivity index (χ0) is 15.0. The highest BCUT2D eigenvalue weighted by molar-refractivity contribution is 7.99. The van der Waals surface area contributed by atoms with Gasteiger partial charge in [0, 0.05) is 17.0 Å². The Kier molecular flexibility index (Phi) is 3.86. The van der Waals surface area contributed by atoms with E-state index in [0.717, 1.165) is 23.3 Å². The highest BCUT2D eigenvalue weighted by Crippen LogP contribution is 2.39. The first kappa shape index (κ1) is 14.3. The molecule has 1 aliphatic carbocycles. The first-order valence-electron chi connectivity index (χ1n) is 6.91. The number of halogens is 1. The lowest BCUT2D eigenvalue weighted by molar-refractivity contribution is 0.600. The van der Waals surface area contributed by atoms with E-state index in [1.165, 1.54) is 23.9 Å². The van der Waals surface area contributed by atoms with Gasteiger partial charge < -0.3 is 5.32 Å². The lowest BCUT2D eigenvalue weighted by atomic mass is 10.1. The van der Waals surface area contributed by atoms with E-state index in [1.807, 2.05) is 14.0 Å². The van der Waals surface area contributed by atoms with Crippen molar-refractivity contribution in [3.8, 4) is 0 Å². The van der Waals surface area contributed by atoms with Gasteiger partial charge in [0.25, 0.3) is 0 Å². The van der Waals surface area contributed by atoms with Gasteiger partial charge in [0.2, 0.25) is 0 Å². The minimum absolute atomic E-state index is 0.0169. The minimum atomic E-state index is -0.266. The molecule has 2 N–H and O–H groups in total. The average Bonchev–Trinajstić information content (AvgIpc) is 3.24. The van der Waals surface area contributed by atoms with Crippen molar-refractivity contribution in [3.63, 3.8) is 0 Å². The van der Waals surface area contributed by atoms with Gasteiger partial charge in [-0.05, 0) is 62.3 Å². The van der Waals surface area contributed by atoms with Crippen LogP contribution in [0.15, 0.2) is 33.0 Å². The molecular weight excluding hydrogens is 291 g/mol. The molecule has 112 valence electrons. The summed E-state index contributed by atoms with van der Waals surface area (Å²) in [6, 6.07) is 4.96. The van der Waals surface area contributed by atoms with Crippen molar-refractivity contribution >= 4 is 11.8 Å². The lowest BCUT2D eigenvalue weighted by Crippen LogP contribution is -2.16. The van der Waals surface area contributed by atoms with Crippen molar-refractivity contribution in [2.24, 2.45) is 0 Å². The highest BCUT2D eigenvalue weighted by atomic mass is 32.2. The molecule has 1 aliphatic rings. The Bertz CT molecular complexity index is 707. The van der Waals surface area contributed by atoms with Crippen molar-refractivity contribution in [3.05, 3.63) is 40.1 Å². The van der Waals surface area contributed by atoms with Gasteiger partial charge in [0.1, 0.15) is 5.82 Å². The molecule has 0 bridgehead atoms. The molecule has 1 saturated carbocycles. The van der Waals surface area contributed by atoms with Crippen molar-refractivity contribution in [1.29, 1.82) is 0 Å². The quantitative estimate of drug-likeness (QED) is 0.891. The second-order valence-electron chi connectivity index (χ2n) is 5.21. The van der Waals surface area contributed by atoms with Crippen LogP contribution >= 0.6 is 11.8 Å². The third-order valence-electron chi connectivity index (χ3n) is 3.66. The maximum atomic E-state index is 13.5. The van der Waals surface area contributed by atoms with Gasteiger partial charge >= 0.3 is 5.69 Å². The van der Waals surface area contributed by atoms with Crippen LogP contribution in [-0.2, 0) is 0 Å². The predicted molar refractivity (Wildman–Crippen MR) is 79.1 cm³/mol. The molecule has 7 heteroatoms. The van der Waals surface area contributed by atoms with E-state index in [9.17, 15) is 9.18 Å². The van der Waals surface area contributed by atoms with Crippen LogP contribution in [0.1, 0.15) is 37.4 Å². The first-order valence-corrected chi connectivity index (χ1v) is 7.73. The maximum Gasteiger partial charge on any atom is 0.344 e. The van der Waals surface area contributed by atoms with E-state index in [-0.39, 0.29) is 23.6 Å². The standard InChI is InChI=1S/C14H17FN4OS/c1-8(16-2)11-7-9(15)3-6-12(11)21-14-18-17-13(20)19(14)10-4-5-10/h3,6-8,10,16H,4-5H2,1-2H3,(H,17,20). The van der Waals surface area contributed by atoms with Gasteiger partial charge in [0.15, 0.2) is 5.16 Å². The topological polar surface area (TPSA) is 62.7 Å². The molecule has 1 unspecified atom stereocenters. The Balaban J connectivity index is 1.96. The van der Waals surface area contributed by atoms with Gasteiger partial charge in [-0.25, -0.2) is 14.3 Å². The fourth-order valence-electron chi connectivity index (χ4n) is 2.22. The average molecular weight is 308 g/mol. The normalized spacial score (nSPS) is 16.1. The molecule has 1 aromatic heterocycles. The Morgan fingerprint density at radius 2 is 2.29 bits per heavy atom. The monoisotopic (exact) mass is 308 g/mol. The summed E-state index contributed by atoms with van der Waals surface area (Å²) in [5, 5.41) is 10.3. The molecule has 1 fully saturated rings. The summed E-state index contributed by atoms with van der Waals surface area (Å²) in [7, 11) is 1.83. The van der Waals surface area contributed by atoms with Gasteiger partial charge in [-0.1, -0.05) is 0 Å². The van der Waals surface area contributed by atoms with Crippen LogP contribution < -0.4 is 11.0 Å². The van der Waals surface area contributed by atoms with E-state index in [4.69, 9.17) is 0 Å². The van der Waals surface area contributed by atoms with E-state index in [1.54, 1.807) is 10.6 Å². The maximum absolute atomic E-state index is 13.5. The number of nitrogens with zero attached hydrogens (tertiary/aromatic N) is 2. The molecule has 1 heterocycles. The fourth-order valence-corrected chi connectivity index (χ4v) is 3.33. The fraction of sp³-hybridized carbons (Fsp3) is 0.429. The molecule has 0 saturated heterocycles. The van der Waals surface area contributed by atoms with E-state index < -0.39 is 0 Å². The zero-order valence-electron chi connectivity index (χ0n) is 11.9. The van der Waals surface area contributed by atoms with Crippen LogP contribution in [0.25, 0.3) is 0 Å². The Morgan fingerprint density at radius 3 is 2.95 bits per heavy atom. The van der Waals surface area contributed by atoms with Crippen LogP contribution in [0, 0.1) is 5.82 Å². The van der Waals surface area contributed by atoms with Crippen LogP contribution in [-0.4, -0.2) is 21.8 Å². The number of benzene rings is 1. The van der Waals surface area contributed by atoms with Crippen molar-refractivity contribution in [1.82, 2.24) is 20.1 Å². The number of nitrogens with one attached hydrogen (secondary N) is 2. The van der Waals surface area contributed by atoms with Crippen molar-refractivity contribution < 1.29 is 4.39 Å². The second kappa shape index (κ2) is 5.65. The van der Waals surface area contributed by atoms with Gasteiger partial charge in [-0.15, -0.1) is 5.10 Å². The molecule has 5 nitrogen and oxygen atoms in total. The molecule has 1 atom stereocenters. The molecule has 1 aromatic carbocycles. The molecule has 3 rings (SSSR count). The zero-order valence-corrected chi connectivity index (χ0v) is 12.7. The summed E-state index contributed by atoms with van der Waals surface area (Å²) in [4.78, 5) is 12.7. The third kappa shape index (κ3) is 2.89. The SMILES string of the molecule is CNC(C)c1cc(F)ccc1Sc1n[nH]c(=O)n1C1CC1. The Hall–Kier alpha value is -1.60. The summed E-state index contributed by atoms with van der Waals surface area (Å²) in [6.45, 7) is 1.97.